The number of para-hydroxylation sites is 1. The normalized spacial score (nSPS) is 13.9. The molecule has 4 aromatic rings. The van der Waals surface area contributed by atoms with Gasteiger partial charge in [0, 0.05) is 18.0 Å². The van der Waals surface area contributed by atoms with Gasteiger partial charge in [-0.1, -0.05) is 42.6 Å². The smallest absolute Gasteiger partial charge is 0.332 e. The number of hydrogen-bond acceptors (Lipinski definition) is 5. The van der Waals surface area contributed by atoms with Crippen molar-refractivity contribution in [2.75, 3.05) is 0 Å². The molecule has 9 nitrogen and oxygen atoms in total. The van der Waals surface area contributed by atoms with Gasteiger partial charge in [0.05, 0.1) is 5.02 Å². The summed E-state index contributed by atoms with van der Waals surface area (Å²) in [5.41, 5.74) is -0.538. The standard InChI is InChI=1S/C26H24ClFN4O5/c27-18-11-15(9-10-19(18)28)12-29-21(33)13-31-23-17-7-3-4-8-20(17)37-24(23)25(35)32(26(31)36)14-22(34)30-16-5-1-2-6-16/h3-4,7-11,16H,1-2,5-6,12-14H2,(H,29,33)(H,30,34). The summed E-state index contributed by atoms with van der Waals surface area (Å²) in [6.45, 7) is -0.874. The zero-order chi connectivity index (χ0) is 26.1. The number of nitrogens with one attached hydrogen (secondary N) is 2. The minimum absolute atomic E-state index is 0.0195. The van der Waals surface area contributed by atoms with Gasteiger partial charge in [-0.05, 0) is 42.7 Å². The van der Waals surface area contributed by atoms with Crippen molar-refractivity contribution in [3.8, 4) is 0 Å². The Morgan fingerprint density at radius 2 is 1.76 bits per heavy atom. The molecule has 0 unspecified atom stereocenters. The molecule has 2 aromatic heterocycles. The van der Waals surface area contributed by atoms with E-state index in [-0.39, 0.29) is 28.7 Å². The van der Waals surface area contributed by atoms with E-state index in [0.29, 0.717) is 16.5 Å². The molecule has 2 heterocycles. The Balaban J connectivity index is 1.48. The number of halogens is 2. The number of furan rings is 1. The van der Waals surface area contributed by atoms with Gasteiger partial charge < -0.3 is 15.1 Å². The molecule has 2 aromatic carbocycles. The molecule has 1 fully saturated rings. The van der Waals surface area contributed by atoms with E-state index in [9.17, 15) is 23.6 Å². The van der Waals surface area contributed by atoms with E-state index >= 15 is 0 Å². The SMILES string of the molecule is O=C(Cn1c(=O)n(CC(=O)NC2CCCC2)c(=O)c2oc3ccccc3c21)NCc1ccc(F)c(Cl)c1. The van der Waals surface area contributed by atoms with Gasteiger partial charge in [0.1, 0.15) is 30.0 Å². The van der Waals surface area contributed by atoms with E-state index in [2.05, 4.69) is 10.6 Å². The van der Waals surface area contributed by atoms with Crippen LogP contribution in [0.2, 0.25) is 5.02 Å². The first-order chi connectivity index (χ1) is 17.8. The summed E-state index contributed by atoms with van der Waals surface area (Å²) in [7, 11) is 0. The third-order valence-corrected chi connectivity index (χ3v) is 6.83. The van der Waals surface area contributed by atoms with Crippen LogP contribution < -0.4 is 21.9 Å². The van der Waals surface area contributed by atoms with Gasteiger partial charge >= 0.3 is 5.69 Å². The van der Waals surface area contributed by atoms with Crippen molar-refractivity contribution in [2.24, 2.45) is 0 Å². The third kappa shape index (κ3) is 5.01. The van der Waals surface area contributed by atoms with E-state index < -0.39 is 42.0 Å². The zero-order valence-corrected chi connectivity index (χ0v) is 20.5. The second-order valence-corrected chi connectivity index (χ2v) is 9.52. The Morgan fingerprint density at radius 3 is 2.51 bits per heavy atom. The van der Waals surface area contributed by atoms with Crippen LogP contribution in [-0.4, -0.2) is 27.0 Å². The Morgan fingerprint density at radius 1 is 1.03 bits per heavy atom. The number of benzene rings is 2. The van der Waals surface area contributed by atoms with Crippen molar-refractivity contribution in [1.82, 2.24) is 19.8 Å². The fourth-order valence-corrected chi connectivity index (χ4v) is 4.92. The Kier molecular flexibility index (Phi) is 6.84. The predicted octanol–water partition coefficient (Wildman–Crippen LogP) is 3.08. The largest absolute Gasteiger partial charge is 0.449 e. The first kappa shape index (κ1) is 24.8. The van der Waals surface area contributed by atoms with Gasteiger partial charge in [0.15, 0.2) is 0 Å². The van der Waals surface area contributed by atoms with Gasteiger partial charge in [-0.3, -0.25) is 19.0 Å². The third-order valence-electron chi connectivity index (χ3n) is 6.54. The molecule has 1 saturated carbocycles. The van der Waals surface area contributed by atoms with Crippen molar-refractivity contribution in [3.63, 3.8) is 0 Å². The fraction of sp³-hybridized carbons (Fsp3) is 0.308. The Labute approximate surface area is 214 Å². The second-order valence-electron chi connectivity index (χ2n) is 9.11. The van der Waals surface area contributed by atoms with Crippen molar-refractivity contribution < 1.29 is 18.4 Å². The molecule has 0 bridgehead atoms. The highest BCUT2D eigenvalue weighted by Crippen LogP contribution is 2.25. The fourth-order valence-electron chi connectivity index (χ4n) is 4.72. The molecular formula is C26H24ClFN4O5. The second kappa shape index (κ2) is 10.2. The van der Waals surface area contributed by atoms with Gasteiger partial charge in [-0.2, -0.15) is 0 Å². The van der Waals surface area contributed by atoms with Crippen molar-refractivity contribution in [1.29, 1.82) is 0 Å². The van der Waals surface area contributed by atoms with Crippen LogP contribution in [0.5, 0.6) is 0 Å². The summed E-state index contributed by atoms with van der Waals surface area (Å²) in [5, 5.41) is 5.96. The van der Waals surface area contributed by atoms with Crippen LogP contribution in [0.4, 0.5) is 4.39 Å². The van der Waals surface area contributed by atoms with E-state index in [1.165, 1.54) is 18.2 Å². The monoisotopic (exact) mass is 526 g/mol. The molecule has 0 spiro atoms. The minimum Gasteiger partial charge on any atom is -0.449 e. The average molecular weight is 527 g/mol. The maximum absolute atomic E-state index is 13.5. The summed E-state index contributed by atoms with van der Waals surface area (Å²) in [4.78, 5) is 52.2. The van der Waals surface area contributed by atoms with Crippen LogP contribution in [0, 0.1) is 5.82 Å². The molecule has 1 aliphatic rings. The number of amides is 2. The number of aromatic nitrogens is 2. The molecule has 0 saturated heterocycles. The lowest BCUT2D eigenvalue weighted by Crippen LogP contribution is -2.46. The topological polar surface area (TPSA) is 115 Å². The van der Waals surface area contributed by atoms with E-state index in [0.717, 1.165) is 34.8 Å². The lowest BCUT2D eigenvalue weighted by molar-refractivity contribution is -0.122. The van der Waals surface area contributed by atoms with Crippen LogP contribution in [0.25, 0.3) is 22.1 Å². The van der Waals surface area contributed by atoms with E-state index in [1.54, 1.807) is 24.3 Å². The van der Waals surface area contributed by atoms with Crippen molar-refractivity contribution >= 4 is 45.5 Å². The number of carbonyl (C=O) groups is 2. The molecule has 192 valence electrons. The molecule has 2 amide bonds. The molecule has 2 N–H and O–H groups in total. The van der Waals surface area contributed by atoms with Gasteiger partial charge in [-0.15, -0.1) is 0 Å². The summed E-state index contributed by atoms with van der Waals surface area (Å²) < 4.78 is 21.1. The number of carbonyl (C=O) groups excluding carboxylic acids is 2. The predicted molar refractivity (Wildman–Crippen MR) is 136 cm³/mol. The first-order valence-electron chi connectivity index (χ1n) is 12.0. The molecule has 0 aliphatic heterocycles. The molecule has 37 heavy (non-hydrogen) atoms. The summed E-state index contributed by atoms with van der Waals surface area (Å²) in [6, 6.07) is 10.9. The minimum atomic E-state index is -0.800. The maximum atomic E-state index is 13.5. The van der Waals surface area contributed by atoms with Crippen molar-refractivity contribution in [3.05, 3.63) is 79.7 Å². The number of rotatable bonds is 7. The number of hydrogen-bond donors (Lipinski definition) is 2. The number of nitrogens with zero attached hydrogens (tertiary/aromatic N) is 2. The van der Waals surface area contributed by atoms with Gasteiger partial charge in [0.25, 0.3) is 5.56 Å². The Hall–Kier alpha value is -3.92. The molecular weight excluding hydrogens is 503 g/mol. The van der Waals surface area contributed by atoms with Gasteiger partial charge in [0.2, 0.25) is 17.4 Å². The van der Waals surface area contributed by atoms with Crippen LogP contribution in [0.15, 0.2) is 56.5 Å². The maximum Gasteiger partial charge on any atom is 0.332 e. The summed E-state index contributed by atoms with van der Waals surface area (Å²) in [6.07, 6.45) is 3.74. The highest BCUT2D eigenvalue weighted by Gasteiger charge is 2.24. The molecule has 1 aliphatic carbocycles. The molecule has 0 radical (unpaired) electrons. The summed E-state index contributed by atoms with van der Waals surface area (Å²) in [5.74, 6) is -1.56. The van der Waals surface area contributed by atoms with Crippen LogP contribution in [0.3, 0.4) is 0 Å². The highest BCUT2D eigenvalue weighted by atomic mass is 35.5. The first-order valence-corrected chi connectivity index (χ1v) is 12.3. The molecule has 0 atom stereocenters. The van der Waals surface area contributed by atoms with Crippen LogP contribution in [-0.2, 0) is 29.2 Å². The lowest BCUT2D eigenvalue weighted by Gasteiger charge is -2.14. The quantitative estimate of drug-likeness (QED) is 0.384. The lowest BCUT2D eigenvalue weighted by atomic mass is 10.2. The van der Waals surface area contributed by atoms with Crippen LogP contribution in [0.1, 0.15) is 31.2 Å². The molecule has 5 rings (SSSR count). The van der Waals surface area contributed by atoms with Crippen molar-refractivity contribution in [2.45, 2.75) is 51.4 Å². The van der Waals surface area contributed by atoms with E-state index in [1.807, 2.05) is 0 Å². The summed E-state index contributed by atoms with van der Waals surface area (Å²) >= 11 is 5.81. The van der Waals surface area contributed by atoms with Crippen LogP contribution >= 0.6 is 11.6 Å². The van der Waals surface area contributed by atoms with E-state index in [4.69, 9.17) is 16.0 Å². The molecule has 11 heteroatoms. The number of fused-ring (bicyclic) bond motifs is 3. The Bertz CT molecular complexity index is 1630. The average Bonchev–Trinajstić information content (AvgIpc) is 3.53. The highest BCUT2D eigenvalue weighted by molar-refractivity contribution is 6.30. The zero-order valence-electron chi connectivity index (χ0n) is 19.8. The van der Waals surface area contributed by atoms with Gasteiger partial charge in [-0.25, -0.2) is 13.8 Å².